The third-order valence-electron chi connectivity index (χ3n) is 4.75. The van der Waals surface area contributed by atoms with Crippen LogP contribution in [0.25, 0.3) is 10.9 Å². The number of benzene rings is 2. The Morgan fingerprint density at radius 2 is 1.97 bits per heavy atom. The van der Waals surface area contributed by atoms with Crippen LogP contribution in [0.5, 0.6) is 11.5 Å². The first-order chi connectivity index (χ1) is 14.5. The molecule has 0 bridgehead atoms. The molecule has 1 aromatic heterocycles. The molecule has 0 saturated heterocycles. The highest BCUT2D eigenvalue weighted by atomic mass is 18.2. The highest BCUT2D eigenvalue weighted by molar-refractivity contribution is 5.98. The standard InChI is InChI=1S/C23H25FN2O4/c1-3-4-12-30-21-19(29-2)11-10-16-13-17(23(28)26-20(16)21)22(27)25-14-18(24)15-8-6-5-7-9-15/h5-11,13,18H,3-4,12,14H2,1-2H3,(H,25,27)(H,26,28)/i24-1. The molecule has 0 aliphatic heterocycles. The van der Waals surface area contributed by atoms with Crippen molar-refractivity contribution in [2.75, 3.05) is 20.3 Å². The monoisotopic (exact) mass is 411 g/mol. The van der Waals surface area contributed by atoms with E-state index in [1.54, 1.807) is 42.5 Å². The van der Waals surface area contributed by atoms with Crippen LogP contribution in [-0.2, 0) is 0 Å². The van der Waals surface area contributed by atoms with Gasteiger partial charge in [0.25, 0.3) is 11.5 Å². The van der Waals surface area contributed by atoms with E-state index in [0.717, 1.165) is 12.8 Å². The molecule has 1 unspecified atom stereocenters. The summed E-state index contributed by atoms with van der Waals surface area (Å²) in [6.07, 6.45) is 0.459. The molecule has 7 heteroatoms. The SMILES string of the molecule is CCCCOc1c(OC)ccc2cc(C(=O)NCC([18F])c3ccccc3)c(=O)[nH]c12. The average molecular weight is 411 g/mol. The van der Waals surface area contributed by atoms with Crippen LogP contribution in [0.15, 0.2) is 53.3 Å². The zero-order valence-electron chi connectivity index (χ0n) is 17.0. The minimum absolute atomic E-state index is 0.0903. The number of carbonyl (C=O) groups is 1. The quantitative estimate of drug-likeness (QED) is 0.518. The Balaban J connectivity index is 1.83. The molecular formula is C23H25FN2O4. The molecule has 0 radical (unpaired) electrons. The highest BCUT2D eigenvalue weighted by Crippen LogP contribution is 2.34. The summed E-state index contributed by atoms with van der Waals surface area (Å²) in [6, 6.07) is 13.5. The Bertz CT molecular complexity index is 1070. The number of pyridine rings is 1. The largest absolute Gasteiger partial charge is 0.493 e. The number of H-pyrrole nitrogens is 1. The molecule has 1 amide bonds. The molecule has 30 heavy (non-hydrogen) atoms. The number of hydrogen-bond acceptors (Lipinski definition) is 4. The fourth-order valence-corrected chi connectivity index (χ4v) is 3.08. The zero-order chi connectivity index (χ0) is 21.5. The first-order valence-corrected chi connectivity index (χ1v) is 9.89. The van der Waals surface area contributed by atoms with Crippen molar-refractivity contribution in [1.82, 2.24) is 10.3 Å². The van der Waals surface area contributed by atoms with Crippen molar-refractivity contribution < 1.29 is 18.7 Å². The minimum atomic E-state index is -1.36. The van der Waals surface area contributed by atoms with Gasteiger partial charge in [-0.2, -0.15) is 0 Å². The van der Waals surface area contributed by atoms with E-state index in [2.05, 4.69) is 17.2 Å². The Morgan fingerprint density at radius 1 is 1.20 bits per heavy atom. The molecule has 6 nitrogen and oxygen atoms in total. The van der Waals surface area contributed by atoms with Crippen LogP contribution in [-0.4, -0.2) is 31.2 Å². The molecule has 158 valence electrons. The van der Waals surface area contributed by atoms with Crippen molar-refractivity contribution in [1.29, 1.82) is 0 Å². The fraction of sp³-hybridized carbons (Fsp3) is 0.304. The lowest BCUT2D eigenvalue weighted by Crippen LogP contribution is -2.31. The Morgan fingerprint density at radius 3 is 2.67 bits per heavy atom. The van der Waals surface area contributed by atoms with Gasteiger partial charge in [0.15, 0.2) is 11.5 Å². The van der Waals surface area contributed by atoms with Gasteiger partial charge < -0.3 is 19.8 Å². The molecule has 3 aromatic rings. The van der Waals surface area contributed by atoms with Gasteiger partial charge in [-0.3, -0.25) is 9.59 Å². The van der Waals surface area contributed by atoms with Crippen molar-refractivity contribution in [2.45, 2.75) is 25.9 Å². The lowest BCUT2D eigenvalue weighted by molar-refractivity contribution is 0.0940. The first-order valence-electron chi connectivity index (χ1n) is 9.89. The molecule has 3 rings (SSSR count). The van der Waals surface area contributed by atoms with Crippen LogP contribution in [0, 0.1) is 0 Å². The third-order valence-corrected chi connectivity index (χ3v) is 4.75. The minimum Gasteiger partial charge on any atom is -0.493 e. The van der Waals surface area contributed by atoms with E-state index in [4.69, 9.17) is 9.47 Å². The number of rotatable bonds is 9. The molecule has 2 aromatic carbocycles. The maximum absolute atomic E-state index is 14.3. The normalized spacial score (nSPS) is 11.8. The van der Waals surface area contributed by atoms with Gasteiger partial charge in [0.05, 0.1) is 25.8 Å². The molecule has 0 fully saturated rings. The summed E-state index contributed by atoms with van der Waals surface area (Å²) in [5.74, 6) is 0.288. The number of unbranched alkanes of at least 4 members (excludes halogenated alkanes) is 1. The molecular weight excluding hydrogens is 386 g/mol. The van der Waals surface area contributed by atoms with E-state index in [0.29, 0.717) is 34.6 Å². The molecule has 0 spiro atoms. The third kappa shape index (κ3) is 4.79. The number of fused-ring (bicyclic) bond motifs is 1. The number of aromatic nitrogens is 1. The molecule has 0 saturated carbocycles. The van der Waals surface area contributed by atoms with Gasteiger partial charge >= 0.3 is 0 Å². The first kappa shape index (κ1) is 21.4. The van der Waals surface area contributed by atoms with Gasteiger partial charge in [0, 0.05) is 5.39 Å². The summed E-state index contributed by atoms with van der Waals surface area (Å²) >= 11 is 0. The number of nitrogens with one attached hydrogen (secondary N) is 2. The Hall–Kier alpha value is -3.35. The Kier molecular flexibility index (Phi) is 7.06. The predicted octanol–water partition coefficient (Wildman–Crippen LogP) is 4.16. The topological polar surface area (TPSA) is 80.4 Å². The lowest BCUT2D eigenvalue weighted by Gasteiger charge is -2.14. The van der Waals surface area contributed by atoms with Crippen LogP contribution >= 0.6 is 0 Å². The number of carbonyl (C=O) groups excluding carboxylic acids is 1. The number of halogens is 1. The van der Waals surface area contributed by atoms with Crippen molar-refractivity contribution in [3.63, 3.8) is 0 Å². The molecule has 0 aliphatic carbocycles. The van der Waals surface area contributed by atoms with Gasteiger partial charge in [-0.15, -0.1) is 0 Å². The Labute approximate surface area is 174 Å². The number of amides is 1. The number of ether oxygens (including phenoxy) is 2. The summed E-state index contributed by atoms with van der Waals surface area (Å²) < 4.78 is 25.5. The number of methoxy groups -OCH3 is 1. The molecule has 1 heterocycles. The van der Waals surface area contributed by atoms with E-state index < -0.39 is 17.6 Å². The second kappa shape index (κ2) is 9.91. The van der Waals surface area contributed by atoms with Crippen molar-refractivity contribution in [3.8, 4) is 11.5 Å². The summed E-state index contributed by atoms with van der Waals surface area (Å²) in [7, 11) is 1.52. The van der Waals surface area contributed by atoms with Crippen molar-refractivity contribution >= 4 is 16.8 Å². The van der Waals surface area contributed by atoms with E-state index in [1.807, 2.05) is 0 Å². The van der Waals surface area contributed by atoms with E-state index >= 15 is 0 Å². The average Bonchev–Trinajstić information content (AvgIpc) is 2.77. The summed E-state index contributed by atoms with van der Waals surface area (Å²) in [6.45, 7) is 2.30. The van der Waals surface area contributed by atoms with Gasteiger partial charge in [-0.05, 0) is 30.2 Å². The number of aromatic amines is 1. The number of hydrogen-bond donors (Lipinski definition) is 2. The molecule has 1 atom stereocenters. The second-order valence-corrected chi connectivity index (χ2v) is 6.86. The predicted molar refractivity (Wildman–Crippen MR) is 114 cm³/mol. The van der Waals surface area contributed by atoms with Crippen LogP contribution in [0.4, 0.5) is 4.39 Å². The summed E-state index contributed by atoms with van der Waals surface area (Å²) in [5, 5.41) is 3.11. The van der Waals surface area contributed by atoms with Crippen LogP contribution in [0.1, 0.15) is 41.9 Å². The van der Waals surface area contributed by atoms with Crippen molar-refractivity contribution in [3.05, 3.63) is 70.0 Å². The van der Waals surface area contributed by atoms with Gasteiger partial charge in [0.2, 0.25) is 0 Å². The molecule has 0 aliphatic rings. The second-order valence-electron chi connectivity index (χ2n) is 6.86. The van der Waals surface area contributed by atoms with E-state index in [-0.39, 0.29) is 12.1 Å². The maximum Gasteiger partial charge on any atom is 0.261 e. The van der Waals surface area contributed by atoms with E-state index in [9.17, 15) is 14.0 Å². The fourth-order valence-electron chi connectivity index (χ4n) is 3.08. The molecule has 2 N–H and O–H groups in total. The highest BCUT2D eigenvalue weighted by Gasteiger charge is 2.18. The van der Waals surface area contributed by atoms with Crippen LogP contribution in [0.2, 0.25) is 0 Å². The smallest absolute Gasteiger partial charge is 0.261 e. The van der Waals surface area contributed by atoms with Gasteiger partial charge in [-0.25, -0.2) is 4.39 Å². The number of alkyl halides is 1. The zero-order valence-corrected chi connectivity index (χ0v) is 17.0. The maximum atomic E-state index is 14.3. The summed E-state index contributed by atoms with van der Waals surface area (Å²) in [5.41, 5.74) is 0.252. The van der Waals surface area contributed by atoms with Crippen molar-refractivity contribution in [2.24, 2.45) is 0 Å². The van der Waals surface area contributed by atoms with Crippen LogP contribution < -0.4 is 20.3 Å². The van der Waals surface area contributed by atoms with Gasteiger partial charge in [0.1, 0.15) is 11.7 Å². The lowest BCUT2D eigenvalue weighted by atomic mass is 10.1. The van der Waals surface area contributed by atoms with E-state index in [1.165, 1.54) is 13.2 Å². The summed E-state index contributed by atoms with van der Waals surface area (Å²) in [4.78, 5) is 27.8. The van der Waals surface area contributed by atoms with Gasteiger partial charge in [-0.1, -0.05) is 43.7 Å². The van der Waals surface area contributed by atoms with Crippen LogP contribution in [0.3, 0.4) is 0 Å².